The number of hydrogen-bond donors (Lipinski definition) is 1. The van der Waals surface area contributed by atoms with Crippen molar-refractivity contribution in [2.45, 2.75) is 38.8 Å². The molecular formula is C22H27N3O3S. The summed E-state index contributed by atoms with van der Waals surface area (Å²) in [6.07, 6.45) is 3.98. The third kappa shape index (κ3) is 4.69. The second-order valence-electron chi connectivity index (χ2n) is 7.73. The highest BCUT2D eigenvalue weighted by atomic mass is 32.2. The lowest BCUT2D eigenvalue weighted by atomic mass is 10.0. The molecule has 2 heterocycles. The number of rotatable bonds is 5. The molecule has 2 aromatic rings. The predicted octanol–water partition coefficient (Wildman–Crippen LogP) is 2.71. The van der Waals surface area contributed by atoms with Gasteiger partial charge < -0.3 is 4.90 Å². The minimum atomic E-state index is -3.59. The third-order valence-corrected chi connectivity index (χ3v) is 7.21. The van der Waals surface area contributed by atoms with Gasteiger partial charge in [-0.25, -0.2) is 0 Å². The Balaban J connectivity index is 1.40. The van der Waals surface area contributed by atoms with Crippen LogP contribution in [0.25, 0.3) is 0 Å². The summed E-state index contributed by atoms with van der Waals surface area (Å²) in [5.74, 6) is 0.0297. The van der Waals surface area contributed by atoms with Crippen LogP contribution in [0, 0.1) is 0 Å². The van der Waals surface area contributed by atoms with Gasteiger partial charge in [0.05, 0.1) is 0 Å². The van der Waals surface area contributed by atoms with E-state index in [2.05, 4.69) is 10.8 Å². The number of carbonyl (C=O) groups is 1. The van der Waals surface area contributed by atoms with E-state index in [9.17, 15) is 13.2 Å². The van der Waals surface area contributed by atoms with E-state index in [1.807, 2.05) is 35.2 Å². The molecule has 0 aromatic heterocycles. The molecule has 2 aliphatic heterocycles. The van der Waals surface area contributed by atoms with Gasteiger partial charge in [0.15, 0.2) is 0 Å². The molecule has 0 radical (unpaired) electrons. The average molecular weight is 414 g/mol. The van der Waals surface area contributed by atoms with Crippen molar-refractivity contribution in [2.24, 2.45) is 0 Å². The summed E-state index contributed by atoms with van der Waals surface area (Å²) in [5, 5.41) is 0. The zero-order valence-electron chi connectivity index (χ0n) is 16.5. The minimum Gasteiger partial charge on any atom is -0.339 e. The molecule has 2 aliphatic rings. The Labute approximate surface area is 172 Å². The molecule has 1 saturated heterocycles. The van der Waals surface area contributed by atoms with Crippen LogP contribution in [-0.2, 0) is 29.7 Å². The number of amides is 1. The number of likely N-dealkylation sites (tertiary alicyclic amines) is 1. The molecule has 0 unspecified atom stereocenters. The molecule has 0 bridgehead atoms. The molecule has 0 atom stereocenters. The lowest BCUT2D eigenvalue weighted by Crippen LogP contribution is -2.43. The molecule has 154 valence electrons. The van der Waals surface area contributed by atoms with Crippen molar-refractivity contribution in [3.8, 4) is 0 Å². The second-order valence-corrected chi connectivity index (χ2v) is 9.49. The molecule has 0 saturated carbocycles. The summed E-state index contributed by atoms with van der Waals surface area (Å²) in [4.78, 5) is 14.6. The minimum absolute atomic E-state index is 0.0297. The number of hydrogen-bond acceptors (Lipinski definition) is 3. The van der Waals surface area contributed by atoms with Crippen molar-refractivity contribution in [2.75, 3.05) is 19.6 Å². The predicted molar refractivity (Wildman–Crippen MR) is 113 cm³/mol. The van der Waals surface area contributed by atoms with E-state index in [0.717, 1.165) is 43.5 Å². The maximum absolute atomic E-state index is 12.8. The number of benzene rings is 2. The number of nitrogens with one attached hydrogen (secondary N) is 1. The van der Waals surface area contributed by atoms with Crippen molar-refractivity contribution < 1.29 is 13.2 Å². The van der Waals surface area contributed by atoms with Crippen LogP contribution in [0.15, 0.2) is 48.5 Å². The zero-order valence-corrected chi connectivity index (χ0v) is 17.3. The number of nitrogens with zero attached hydrogens (tertiary/aromatic N) is 2. The van der Waals surface area contributed by atoms with E-state index in [1.165, 1.54) is 16.3 Å². The first-order chi connectivity index (χ1) is 14.0. The molecule has 4 rings (SSSR count). The van der Waals surface area contributed by atoms with E-state index in [-0.39, 0.29) is 12.5 Å². The molecule has 0 aliphatic carbocycles. The van der Waals surface area contributed by atoms with Crippen LogP contribution in [0.2, 0.25) is 0 Å². The Morgan fingerprint density at radius 2 is 1.69 bits per heavy atom. The fourth-order valence-electron chi connectivity index (χ4n) is 4.03. The summed E-state index contributed by atoms with van der Waals surface area (Å²) >= 11 is 0. The smallest absolute Gasteiger partial charge is 0.280 e. The van der Waals surface area contributed by atoms with E-state index in [1.54, 1.807) is 12.1 Å². The molecule has 2 aromatic carbocycles. The van der Waals surface area contributed by atoms with E-state index >= 15 is 0 Å². The fraction of sp³-hybridized carbons (Fsp3) is 0.409. The van der Waals surface area contributed by atoms with Crippen LogP contribution in [-0.4, -0.2) is 43.2 Å². The van der Waals surface area contributed by atoms with Crippen molar-refractivity contribution in [3.63, 3.8) is 0 Å². The van der Waals surface area contributed by atoms with E-state index < -0.39 is 10.2 Å². The molecule has 1 amide bonds. The van der Waals surface area contributed by atoms with Gasteiger partial charge in [0, 0.05) is 38.3 Å². The van der Waals surface area contributed by atoms with Crippen LogP contribution < -0.4 is 4.72 Å². The second kappa shape index (κ2) is 8.65. The van der Waals surface area contributed by atoms with Gasteiger partial charge in [-0.2, -0.15) is 17.4 Å². The molecule has 29 heavy (non-hydrogen) atoms. The van der Waals surface area contributed by atoms with Crippen molar-refractivity contribution >= 4 is 16.1 Å². The molecule has 0 spiro atoms. The fourth-order valence-corrected chi connectivity index (χ4v) is 5.21. The summed E-state index contributed by atoms with van der Waals surface area (Å²) in [6.45, 7) is 2.62. The van der Waals surface area contributed by atoms with E-state index in [0.29, 0.717) is 18.7 Å². The Morgan fingerprint density at radius 3 is 2.48 bits per heavy atom. The molecular weight excluding hydrogens is 386 g/mol. The van der Waals surface area contributed by atoms with Gasteiger partial charge in [-0.15, -0.1) is 0 Å². The molecule has 1 N–H and O–H groups in total. The highest BCUT2D eigenvalue weighted by Gasteiger charge is 2.26. The summed E-state index contributed by atoms with van der Waals surface area (Å²) < 4.78 is 29.7. The number of fused-ring (bicyclic) bond motifs is 1. The van der Waals surface area contributed by atoms with Gasteiger partial charge >= 0.3 is 0 Å². The monoisotopic (exact) mass is 413 g/mol. The van der Waals surface area contributed by atoms with Crippen LogP contribution in [0.5, 0.6) is 0 Å². The summed E-state index contributed by atoms with van der Waals surface area (Å²) in [7, 11) is -3.59. The Bertz CT molecular complexity index is 984. The van der Waals surface area contributed by atoms with Gasteiger partial charge in [0.2, 0.25) is 0 Å². The van der Waals surface area contributed by atoms with Gasteiger partial charge in [0.1, 0.15) is 0 Å². The van der Waals surface area contributed by atoms with E-state index in [4.69, 9.17) is 0 Å². The lowest BCUT2D eigenvalue weighted by Gasteiger charge is -2.28. The zero-order chi connectivity index (χ0) is 20.3. The van der Waals surface area contributed by atoms with Crippen LogP contribution in [0.1, 0.15) is 46.3 Å². The SMILES string of the molecule is O=C(c1cccc(CNS(=O)(=O)N2CCc3ccccc3C2)c1)N1CCCCC1. The van der Waals surface area contributed by atoms with Crippen molar-refractivity contribution in [3.05, 3.63) is 70.8 Å². The van der Waals surface area contributed by atoms with Crippen molar-refractivity contribution in [1.29, 1.82) is 0 Å². The maximum atomic E-state index is 12.8. The molecule has 6 nitrogen and oxygen atoms in total. The van der Waals surface area contributed by atoms with Gasteiger partial charge in [-0.3, -0.25) is 4.79 Å². The number of carbonyl (C=O) groups excluding carboxylic acids is 1. The highest BCUT2D eigenvalue weighted by molar-refractivity contribution is 7.87. The van der Waals surface area contributed by atoms with Crippen LogP contribution in [0.3, 0.4) is 0 Å². The topological polar surface area (TPSA) is 69.7 Å². The molecule has 1 fully saturated rings. The van der Waals surface area contributed by atoms with Gasteiger partial charge in [-0.1, -0.05) is 36.4 Å². The van der Waals surface area contributed by atoms with Crippen LogP contribution >= 0.6 is 0 Å². The first-order valence-corrected chi connectivity index (χ1v) is 11.7. The normalized spacial score (nSPS) is 17.7. The largest absolute Gasteiger partial charge is 0.339 e. The maximum Gasteiger partial charge on any atom is 0.280 e. The van der Waals surface area contributed by atoms with Crippen molar-refractivity contribution in [1.82, 2.24) is 13.9 Å². The first kappa shape index (κ1) is 20.1. The van der Waals surface area contributed by atoms with Crippen LogP contribution in [0.4, 0.5) is 0 Å². The molecule has 7 heteroatoms. The lowest BCUT2D eigenvalue weighted by molar-refractivity contribution is 0.0724. The Kier molecular flexibility index (Phi) is 5.99. The summed E-state index contributed by atoms with van der Waals surface area (Å²) in [5.41, 5.74) is 3.67. The van der Waals surface area contributed by atoms with Gasteiger partial charge in [0.25, 0.3) is 16.1 Å². The Morgan fingerprint density at radius 1 is 0.931 bits per heavy atom. The first-order valence-electron chi connectivity index (χ1n) is 10.2. The third-order valence-electron chi connectivity index (χ3n) is 5.71. The van der Waals surface area contributed by atoms with Gasteiger partial charge in [-0.05, 0) is 54.5 Å². The standard InChI is InChI=1S/C22H27N3O3S/c26-22(24-12-4-1-5-13-24)20-10-6-7-18(15-20)16-23-29(27,28)25-14-11-19-8-2-3-9-21(19)17-25/h2-3,6-10,15,23H,1,4-5,11-14,16-17H2. The quantitative estimate of drug-likeness (QED) is 0.819. The summed E-state index contributed by atoms with van der Waals surface area (Å²) in [6, 6.07) is 15.2. The Hall–Kier alpha value is -2.22. The number of piperidine rings is 1. The highest BCUT2D eigenvalue weighted by Crippen LogP contribution is 2.20. The average Bonchev–Trinajstić information content (AvgIpc) is 2.78.